The predicted molar refractivity (Wildman–Crippen MR) is 115 cm³/mol. The van der Waals surface area contributed by atoms with Crippen molar-refractivity contribution in [1.82, 2.24) is 19.6 Å². The molecule has 0 spiro atoms. The van der Waals surface area contributed by atoms with Crippen molar-refractivity contribution in [2.24, 2.45) is 0 Å². The highest BCUT2D eigenvalue weighted by atomic mass is 32.2. The van der Waals surface area contributed by atoms with Crippen LogP contribution in [0.3, 0.4) is 0 Å². The van der Waals surface area contributed by atoms with Crippen LogP contribution < -0.4 is 10.1 Å². The van der Waals surface area contributed by atoms with Crippen molar-refractivity contribution in [3.05, 3.63) is 70.5 Å². The molecule has 4 heterocycles. The average Bonchev–Trinajstić information content (AvgIpc) is 3.51. The number of benzene rings is 2. The molecule has 0 atom stereocenters. The van der Waals surface area contributed by atoms with Crippen molar-refractivity contribution in [3.63, 3.8) is 0 Å². The predicted octanol–water partition coefficient (Wildman–Crippen LogP) is 3.37. The van der Waals surface area contributed by atoms with E-state index in [-0.39, 0.29) is 22.8 Å². The summed E-state index contributed by atoms with van der Waals surface area (Å²) >= 11 is 0. The van der Waals surface area contributed by atoms with Gasteiger partial charge in [-0.2, -0.15) is 0 Å². The molecule has 2 aromatic carbocycles. The molecular weight excluding hydrogens is 452 g/mol. The van der Waals surface area contributed by atoms with Crippen LogP contribution in [0.4, 0.5) is 14.7 Å². The number of fused-ring (bicyclic) bond motifs is 3. The summed E-state index contributed by atoms with van der Waals surface area (Å²) in [6.07, 6.45) is 4.93. The molecule has 0 saturated heterocycles. The first-order chi connectivity index (χ1) is 15.9. The molecule has 4 aromatic rings. The molecule has 0 amide bonds. The molecule has 0 radical (unpaired) electrons. The second kappa shape index (κ2) is 7.07. The Morgan fingerprint density at radius 1 is 1.18 bits per heavy atom. The number of ether oxygens (including phenoxy) is 1. The summed E-state index contributed by atoms with van der Waals surface area (Å²) in [5.41, 5.74) is 2.87. The van der Waals surface area contributed by atoms with Crippen molar-refractivity contribution in [2.75, 3.05) is 11.9 Å². The minimum Gasteiger partial charge on any atom is -0.493 e. The van der Waals surface area contributed by atoms with E-state index in [0.717, 1.165) is 17.0 Å². The van der Waals surface area contributed by atoms with Gasteiger partial charge in [-0.25, -0.2) is 22.2 Å². The van der Waals surface area contributed by atoms with E-state index in [4.69, 9.17) is 4.74 Å². The van der Waals surface area contributed by atoms with Crippen LogP contribution in [0.1, 0.15) is 16.7 Å². The number of hydrogen-bond acceptors (Lipinski definition) is 7. The van der Waals surface area contributed by atoms with Crippen LogP contribution >= 0.6 is 0 Å². The number of rotatable bonds is 4. The quantitative estimate of drug-likeness (QED) is 0.491. The van der Waals surface area contributed by atoms with Crippen LogP contribution in [0.5, 0.6) is 5.75 Å². The summed E-state index contributed by atoms with van der Waals surface area (Å²) in [5, 5.41) is 12.1. The van der Waals surface area contributed by atoms with Gasteiger partial charge in [-0.15, -0.1) is 10.2 Å². The van der Waals surface area contributed by atoms with E-state index in [1.165, 1.54) is 24.7 Å². The van der Waals surface area contributed by atoms with E-state index in [2.05, 4.69) is 20.5 Å². The van der Waals surface area contributed by atoms with Gasteiger partial charge in [-0.1, -0.05) is 0 Å². The minimum atomic E-state index is -3.77. The first-order valence-electron chi connectivity index (χ1n) is 10.0. The molecule has 0 fully saturated rings. The highest BCUT2D eigenvalue weighted by Crippen LogP contribution is 2.35. The van der Waals surface area contributed by atoms with Gasteiger partial charge in [-0.05, 0) is 41.5 Å². The zero-order valence-corrected chi connectivity index (χ0v) is 17.7. The molecule has 0 bridgehead atoms. The van der Waals surface area contributed by atoms with Crippen LogP contribution in [0.25, 0.3) is 22.9 Å². The number of nitrogens with zero attached hydrogens (tertiary/aromatic N) is 4. The second-order valence-electron chi connectivity index (χ2n) is 7.70. The summed E-state index contributed by atoms with van der Waals surface area (Å²) in [4.78, 5) is 4.07. The number of hydrogen-bond donors (Lipinski definition) is 1. The molecule has 166 valence electrons. The van der Waals surface area contributed by atoms with Crippen LogP contribution in [-0.4, -0.2) is 34.6 Å². The molecule has 2 aromatic heterocycles. The van der Waals surface area contributed by atoms with Gasteiger partial charge in [0.15, 0.2) is 5.65 Å². The van der Waals surface area contributed by atoms with Gasteiger partial charge < -0.3 is 10.1 Å². The van der Waals surface area contributed by atoms with Gasteiger partial charge in [0, 0.05) is 41.3 Å². The number of sulfone groups is 1. The average molecular weight is 467 g/mol. The van der Waals surface area contributed by atoms with Crippen molar-refractivity contribution in [1.29, 1.82) is 0 Å². The summed E-state index contributed by atoms with van der Waals surface area (Å²) in [6, 6.07) is 5.72. The molecule has 2 aliphatic rings. The maximum atomic E-state index is 14.7. The van der Waals surface area contributed by atoms with Crippen LogP contribution in [0, 0.1) is 11.6 Å². The third-order valence-corrected chi connectivity index (χ3v) is 7.29. The minimum absolute atomic E-state index is 0.175. The van der Waals surface area contributed by atoms with Crippen molar-refractivity contribution in [2.45, 2.75) is 17.9 Å². The summed E-state index contributed by atoms with van der Waals surface area (Å²) in [6.45, 7) is 0.691. The Bertz CT molecular complexity index is 1600. The molecule has 0 aliphatic carbocycles. The fourth-order valence-electron chi connectivity index (χ4n) is 4.25. The topological polar surface area (TPSA) is 98.5 Å². The summed E-state index contributed by atoms with van der Waals surface area (Å²) < 4.78 is 60.2. The fraction of sp³-hybridized carbons (Fsp3) is 0.136. The largest absolute Gasteiger partial charge is 0.493 e. The SMILES string of the molecule is O=S1(=O)C=Cc2cc(-c3cnc(NCc4c(F)ccc5c4CCO5)n4cnnc34)cc(F)c21. The van der Waals surface area contributed by atoms with Gasteiger partial charge in [0.1, 0.15) is 28.6 Å². The standard InChI is InChI=1S/C22H15F2N5O3S/c23-17-1-2-19-14(3-5-32-19)16(17)10-26-22-25-9-15(21-28-27-11-29(21)22)13-7-12-4-6-33(30,31)20(12)18(24)8-13/h1-2,4,6-9,11H,3,5,10H2,(H,25,26). The highest BCUT2D eigenvalue weighted by molar-refractivity contribution is 7.94. The van der Waals surface area contributed by atoms with Crippen molar-refractivity contribution < 1.29 is 21.9 Å². The third-order valence-electron chi connectivity index (χ3n) is 5.79. The molecule has 11 heteroatoms. The number of anilines is 1. The Labute approximate surface area is 186 Å². The summed E-state index contributed by atoms with van der Waals surface area (Å²) in [5.74, 6) is -0.123. The molecular formula is C22H15F2N5O3S. The van der Waals surface area contributed by atoms with E-state index in [1.807, 2.05) is 0 Å². The second-order valence-corrected chi connectivity index (χ2v) is 9.47. The Balaban J connectivity index is 1.38. The molecule has 0 saturated carbocycles. The van der Waals surface area contributed by atoms with Gasteiger partial charge in [0.2, 0.25) is 15.8 Å². The number of halogens is 2. The lowest BCUT2D eigenvalue weighted by molar-refractivity contribution is 0.356. The highest BCUT2D eigenvalue weighted by Gasteiger charge is 2.27. The first-order valence-corrected chi connectivity index (χ1v) is 11.6. The normalized spacial score (nSPS) is 15.5. The number of aromatic nitrogens is 4. The van der Waals surface area contributed by atoms with Crippen molar-refractivity contribution >= 4 is 27.5 Å². The van der Waals surface area contributed by atoms with Crippen LogP contribution in [0.2, 0.25) is 0 Å². The lowest BCUT2D eigenvalue weighted by atomic mass is 10.0. The van der Waals surface area contributed by atoms with Crippen molar-refractivity contribution in [3.8, 4) is 16.9 Å². The van der Waals surface area contributed by atoms with Gasteiger partial charge in [0.25, 0.3) is 0 Å². The van der Waals surface area contributed by atoms with E-state index >= 15 is 0 Å². The lowest BCUT2D eigenvalue weighted by Gasteiger charge is -2.13. The summed E-state index contributed by atoms with van der Waals surface area (Å²) in [7, 11) is -3.77. The van der Waals surface area contributed by atoms with E-state index < -0.39 is 15.7 Å². The van der Waals surface area contributed by atoms with Crippen LogP contribution in [0.15, 0.2) is 47.1 Å². The zero-order valence-electron chi connectivity index (χ0n) is 16.9. The van der Waals surface area contributed by atoms with Gasteiger partial charge in [0.05, 0.1) is 6.61 Å². The smallest absolute Gasteiger partial charge is 0.210 e. The number of nitrogens with one attached hydrogen (secondary N) is 1. The van der Waals surface area contributed by atoms with E-state index in [9.17, 15) is 17.2 Å². The Kier molecular flexibility index (Phi) is 4.24. The molecule has 33 heavy (non-hydrogen) atoms. The Morgan fingerprint density at radius 3 is 2.94 bits per heavy atom. The Morgan fingerprint density at radius 2 is 2.06 bits per heavy atom. The lowest BCUT2D eigenvalue weighted by Crippen LogP contribution is -2.09. The van der Waals surface area contributed by atoms with Crippen LogP contribution in [-0.2, 0) is 22.8 Å². The maximum Gasteiger partial charge on any atom is 0.210 e. The van der Waals surface area contributed by atoms with Gasteiger partial charge >= 0.3 is 0 Å². The van der Waals surface area contributed by atoms with E-state index in [1.54, 1.807) is 16.5 Å². The molecule has 8 nitrogen and oxygen atoms in total. The van der Waals surface area contributed by atoms with Gasteiger partial charge in [-0.3, -0.25) is 4.40 Å². The van der Waals surface area contributed by atoms with E-state index in [0.29, 0.717) is 47.1 Å². The fourth-order valence-corrected chi connectivity index (χ4v) is 5.50. The maximum absolute atomic E-state index is 14.7. The first kappa shape index (κ1) is 19.8. The molecule has 2 aliphatic heterocycles. The molecule has 0 unspecified atom stereocenters. The monoisotopic (exact) mass is 467 g/mol. The molecule has 1 N–H and O–H groups in total. The Hall–Kier alpha value is -3.86. The third kappa shape index (κ3) is 3.07. The zero-order chi connectivity index (χ0) is 22.7. The molecule has 6 rings (SSSR count).